The summed E-state index contributed by atoms with van der Waals surface area (Å²) in [6.07, 6.45) is -1.56. The zero-order valence-corrected chi connectivity index (χ0v) is 23.1. The first kappa shape index (κ1) is 26.0. The van der Waals surface area contributed by atoms with Gasteiger partial charge in [0, 0.05) is 0 Å². The van der Waals surface area contributed by atoms with Crippen molar-refractivity contribution in [1.29, 1.82) is 0 Å². The van der Waals surface area contributed by atoms with Crippen molar-refractivity contribution >= 4 is 22.5 Å². The first-order valence-electron chi connectivity index (χ1n) is 11.0. The highest BCUT2D eigenvalue weighted by Crippen LogP contribution is 2.43. The number of hydrazine groups is 1. The molecule has 0 aromatic rings. The molecule has 0 spiro atoms. The molecule has 0 aliphatic carbocycles. The molecule has 0 bridgehead atoms. The third kappa shape index (κ3) is 5.02. The summed E-state index contributed by atoms with van der Waals surface area (Å²) in [7, 11) is -4.19. The van der Waals surface area contributed by atoms with E-state index in [0.717, 1.165) is 0 Å². The average Bonchev–Trinajstić information content (AvgIpc) is 2.94. The lowest BCUT2D eigenvalue weighted by molar-refractivity contribution is -0.177. The van der Waals surface area contributed by atoms with E-state index in [2.05, 4.69) is 67.7 Å². The van der Waals surface area contributed by atoms with Crippen LogP contribution in [-0.4, -0.2) is 64.3 Å². The number of nitrogens with zero attached hydrogens (tertiary/aromatic N) is 1. The Hall–Kier alpha value is -0.296. The summed E-state index contributed by atoms with van der Waals surface area (Å²) in [4.78, 5) is 12.8. The number of carbonyl (C=O) groups excluding carboxylic acids is 1. The minimum atomic E-state index is -2.16. The van der Waals surface area contributed by atoms with Crippen LogP contribution in [0.15, 0.2) is 0 Å². The second-order valence-electron chi connectivity index (χ2n) is 12.2. The van der Waals surface area contributed by atoms with Gasteiger partial charge in [-0.05, 0) is 50.1 Å². The van der Waals surface area contributed by atoms with Crippen LogP contribution in [0, 0.1) is 0 Å². The van der Waals surface area contributed by atoms with Gasteiger partial charge in [0.15, 0.2) is 28.5 Å². The number of carbonyl (C=O) groups is 1. The summed E-state index contributed by atoms with van der Waals surface area (Å²) in [6, 6.07) is -0.455. The number of fused-ring (bicyclic) bond motifs is 1. The Morgan fingerprint density at radius 2 is 1.53 bits per heavy atom. The van der Waals surface area contributed by atoms with E-state index in [0.29, 0.717) is 6.61 Å². The number of ether oxygens (including phenoxy) is 2. The summed E-state index contributed by atoms with van der Waals surface area (Å²) < 4.78 is 25.4. The Balaban J connectivity index is 2.36. The molecule has 0 unspecified atom stereocenters. The van der Waals surface area contributed by atoms with E-state index >= 15 is 0 Å². The summed E-state index contributed by atoms with van der Waals surface area (Å²) in [5.74, 6) is 5.19. The molecule has 2 heterocycles. The second kappa shape index (κ2) is 7.93. The summed E-state index contributed by atoms with van der Waals surface area (Å²) >= 11 is 0. The van der Waals surface area contributed by atoms with Gasteiger partial charge in [0.2, 0.25) is 0 Å². The van der Waals surface area contributed by atoms with Crippen LogP contribution in [0.5, 0.6) is 0 Å². The highest BCUT2D eigenvalue weighted by Gasteiger charge is 2.60. The van der Waals surface area contributed by atoms with Crippen molar-refractivity contribution < 1.29 is 23.1 Å². The molecule has 2 N–H and O–H groups in total. The van der Waals surface area contributed by atoms with Crippen molar-refractivity contribution in [3.05, 3.63) is 0 Å². The van der Waals surface area contributed by atoms with Crippen molar-refractivity contribution in [2.24, 2.45) is 5.84 Å². The molecule has 9 heteroatoms. The van der Waals surface area contributed by atoms with Crippen LogP contribution in [0.4, 0.5) is 0 Å². The van der Waals surface area contributed by atoms with Crippen molar-refractivity contribution in [2.45, 2.75) is 122 Å². The van der Waals surface area contributed by atoms with Gasteiger partial charge in [-0.2, -0.15) is 0 Å². The molecule has 30 heavy (non-hydrogen) atoms. The monoisotopic (exact) mass is 460 g/mol. The molecule has 2 rings (SSSR count). The van der Waals surface area contributed by atoms with Gasteiger partial charge in [0.05, 0.1) is 12.7 Å². The van der Waals surface area contributed by atoms with Crippen LogP contribution >= 0.6 is 0 Å². The number of hydrogen-bond donors (Lipinski definition) is 1. The van der Waals surface area contributed by atoms with Gasteiger partial charge in [-0.15, -0.1) is 0 Å². The van der Waals surface area contributed by atoms with Gasteiger partial charge in [0.1, 0.15) is 12.1 Å². The number of rotatable bonds is 6. The van der Waals surface area contributed by atoms with Gasteiger partial charge in [0.25, 0.3) is 5.91 Å². The normalized spacial score (nSPS) is 28.8. The van der Waals surface area contributed by atoms with Crippen molar-refractivity contribution in [3.63, 3.8) is 0 Å². The molecular weight excluding hydrogens is 416 g/mol. The fourth-order valence-corrected chi connectivity index (χ4v) is 5.67. The Bertz CT molecular complexity index is 655. The Kier molecular flexibility index (Phi) is 6.86. The van der Waals surface area contributed by atoms with Crippen LogP contribution in [0.25, 0.3) is 0 Å². The lowest BCUT2D eigenvalue weighted by Gasteiger charge is -2.44. The van der Waals surface area contributed by atoms with Gasteiger partial charge >= 0.3 is 0 Å². The Labute approximate surface area is 185 Å². The van der Waals surface area contributed by atoms with E-state index in [9.17, 15) is 4.79 Å². The minimum Gasteiger partial charge on any atom is -0.414 e. The molecule has 0 aromatic carbocycles. The van der Waals surface area contributed by atoms with E-state index in [1.807, 2.05) is 13.8 Å². The van der Waals surface area contributed by atoms with Crippen LogP contribution in [-0.2, 0) is 23.1 Å². The van der Waals surface area contributed by atoms with Crippen LogP contribution in [0.1, 0.15) is 55.4 Å². The van der Waals surface area contributed by atoms with E-state index in [4.69, 9.17) is 24.2 Å². The molecule has 7 nitrogen and oxygen atoms in total. The fraction of sp³-hybridized carbons (Fsp3) is 0.952. The molecule has 2 saturated heterocycles. The molecule has 4 atom stereocenters. The predicted octanol–water partition coefficient (Wildman–Crippen LogP) is 4.00. The number of amides is 1. The molecule has 176 valence electrons. The van der Waals surface area contributed by atoms with E-state index in [1.54, 1.807) is 0 Å². The molecule has 0 aromatic heterocycles. The highest BCUT2D eigenvalue weighted by molar-refractivity contribution is 6.74. The largest absolute Gasteiger partial charge is 0.414 e. The quantitative estimate of drug-likeness (QED) is 0.366. The molecule has 2 aliphatic rings. The molecule has 2 aliphatic heterocycles. The Morgan fingerprint density at radius 3 is 2.00 bits per heavy atom. The maximum atomic E-state index is 12.8. The van der Waals surface area contributed by atoms with Gasteiger partial charge in [-0.3, -0.25) is 9.80 Å². The first-order chi connectivity index (χ1) is 13.2. The summed E-state index contributed by atoms with van der Waals surface area (Å²) in [6.45, 7) is 26.1. The summed E-state index contributed by atoms with van der Waals surface area (Å²) in [5, 5.41) is 1.34. The standard InChI is InChI=1S/C21H44N2O5Si2/c1-19(2,3)29(9,10)25-13-14(28-30(11,12)20(4,5)6)15-16-17(18(24)23(15)22)27-21(7,8)26-16/h14-17H,13,22H2,1-12H3/t14-,15-,16-,17-/m0/s1. The van der Waals surface area contributed by atoms with Crippen molar-refractivity contribution in [2.75, 3.05) is 6.61 Å². The topological polar surface area (TPSA) is 83.3 Å². The van der Waals surface area contributed by atoms with Crippen LogP contribution < -0.4 is 5.84 Å². The molecule has 0 radical (unpaired) electrons. The second-order valence-corrected chi connectivity index (χ2v) is 21.8. The maximum Gasteiger partial charge on any atom is 0.268 e. The highest BCUT2D eigenvalue weighted by atomic mass is 28.4. The van der Waals surface area contributed by atoms with E-state index in [-0.39, 0.29) is 22.1 Å². The zero-order chi connectivity index (χ0) is 23.5. The number of hydrogen-bond acceptors (Lipinski definition) is 6. The van der Waals surface area contributed by atoms with Crippen LogP contribution in [0.3, 0.4) is 0 Å². The Morgan fingerprint density at radius 1 is 1.03 bits per heavy atom. The van der Waals surface area contributed by atoms with Crippen LogP contribution in [0.2, 0.25) is 36.3 Å². The number of nitrogens with two attached hydrogens (primary N) is 1. The molecule has 1 amide bonds. The average molecular weight is 461 g/mol. The fourth-order valence-electron chi connectivity index (χ4n) is 3.34. The van der Waals surface area contributed by atoms with Gasteiger partial charge in [-0.1, -0.05) is 41.5 Å². The maximum absolute atomic E-state index is 12.8. The zero-order valence-electron chi connectivity index (χ0n) is 21.1. The smallest absolute Gasteiger partial charge is 0.268 e. The van der Waals surface area contributed by atoms with E-state index in [1.165, 1.54) is 5.01 Å². The lowest BCUT2D eigenvalue weighted by Crippen LogP contribution is -2.58. The lowest BCUT2D eigenvalue weighted by atomic mass is 10.1. The van der Waals surface area contributed by atoms with Gasteiger partial charge in [-0.25, -0.2) is 5.84 Å². The molecular formula is C21H44N2O5Si2. The SMILES string of the molecule is CC1(C)O[C@H]2[C@H]([C@H](CO[Si](C)(C)C(C)(C)C)O[Si](C)(C)C(C)(C)C)N(N)C(=O)[C@H]2O1. The third-order valence-electron chi connectivity index (χ3n) is 7.33. The van der Waals surface area contributed by atoms with Gasteiger partial charge < -0.3 is 18.3 Å². The first-order valence-corrected chi connectivity index (χ1v) is 16.8. The predicted molar refractivity (Wildman–Crippen MR) is 124 cm³/mol. The minimum absolute atomic E-state index is 0.00989. The molecule has 2 fully saturated rings. The van der Waals surface area contributed by atoms with Crippen molar-refractivity contribution in [3.8, 4) is 0 Å². The van der Waals surface area contributed by atoms with Crippen molar-refractivity contribution in [1.82, 2.24) is 5.01 Å². The molecule has 0 saturated carbocycles. The third-order valence-corrected chi connectivity index (χ3v) is 16.3. The summed E-state index contributed by atoms with van der Waals surface area (Å²) in [5.41, 5.74) is 0. The van der Waals surface area contributed by atoms with E-state index < -0.39 is 40.7 Å².